The van der Waals surface area contributed by atoms with Crippen LogP contribution >= 0.6 is 0 Å². The number of likely N-dealkylation sites (tertiary alicyclic amines) is 1. The van der Waals surface area contributed by atoms with Gasteiger partial charge in [-0.2, -0.15) is 0 Å². The van der Waals surface area contributed by atoms with Crippen molar-refractivity contribution in [2.24, 2.45) is 0 Å². The molecule has 5 nitrogen and oxygen atoms in total. The van der Waals surface area contributed by atoms with Gasteiger partial charge in [-0.3, -0.25) is 4.90 Å². The summed E-state index contributed by atoms with van der Waals surface area (Å²) in [4.78, 5) is 2.48. The first-order valence-electron chi connectivity index (χ1n) is 28.7. The molecule has 2 aromatic rings. The van der Waals surface area contributed by atoms with Crippen LogP contribution in [0.1, 0.15) is 264 Å². The molecular formula is C62H103NO4Si. The largest absolute Gasteiger partial charge is 0.493 e. The molecule has 0 saturated carbocycles. The Morgan fingerprint density at radius 3 is 1.13 bits per heavy atom. The Hall–Kier alpha value is -3.06. The molecule has 1 unspecified atom stereocenters. The highest BCUT2D eigenvalue weighted by Gasteiger charge is 2.41. The van der Waals surface area contributed by atoms with Crippen molar-refractivity contribution >= 4 is 8.07 Å². The van der Waals surface area contributed by atoms with Crippen molar-refractivity contribution in [3.05, 3.63) is 46.5 Å². The van der Waals surface area contributed by atoms with Gasteiger partial charge in [-0.15, -0.1) is 5.54 Å². The Balaban J connectivity index is 2.20. The number of hydrogen-bond acceptors (Lipinski definition) is 5. The molecule has 1 saturated heterocycles. The van der Waals surface area contributed by atoms with E-state index in [1.165, 1.54) is 140 Å². The quantitative estimate of drug-likeness (QED) is 0.0387. The first kappa shape index (κ1) is 59.2. The van der Waals surface area contributed by atoms with Crippen LogP contribution in [0.4, 0.5) is 0 Å². The molecule has 3 rings (SSSR count). The van der Waals surface area contributed by atoms with Gasteiger partial charge in [0.15, 0.2) is 0 Å². The zero-order chi connectivity index (χ0) is 49.4. The standard InChI is InChI=1S/C62H103NO4Si/c1-12-16-20-24-28-32-42-64-59-48-56(40-46-68(51(5)6,52(7)8)53(9)10)60(65-43-33-29-25-21-17-13-2)47-54(59)38-39-55-49-62(67-45-35-31-27-23-19-15-4)57(58-37-36-41-63(58)11)50-61(55)66-44-34-30-26-22-18-14-3/h47-53,58H,12-37,41-45H2,1-11H3. The molecule has 0 spiro atoms. The third-order valence-corrected chi connectivity index (χ3v) is 21.0. The molecule has 0 aromatic heterocycles. The van der Waals surface area contributed by atoms with E-state index in [4.69, 9.17) is 18.9 Å². The molecule has 0 aliphatic carbocycles. The van der Waals surface area contributed by atoms with E-state index < -0.39 is 8.07 Å². The molecule has 0 N–H and O–H groups in total. The van der Waals surface area contributed by atoms with Crippen LogP contribution < -0.4 is 18.9 Å². The maximum atomic E-state index is 6.78. The number of nitrogens with zero attached hydrogens (tertiary/aromatic N) is 1. The molecule has 2 aromatic carbocycles. The van der Waals surface area contributed by atoms with Gasteiger partial charge in [0.25, 0.3) is 0 Å². The van der Waals surface area contributed by atoms with Gasteiger partial charge in [-0.05, 0) is 80.9 Å². The average molecular weight is 955 g/mol. The van der Waals surface area contributed by atoms with E-state index in [1.807, 2.05) is 0 Å². The molecular weight excluding hydrogens is 851 g/mol. The molecule has 384 valence electrons. The summed E-state index contributed by atoms with van der Waals surface area (Å²) in [6.07, 6.45) is 31.6. The van der Waals surface area contributed by atoms with Crippen LogP contribution in [0.2, 0.25) is 16.6 Å². The Bertz CT molecular complexity index is 1760. The van der Waals surface area contributed by atoms with Crippen LogP contribution in [-0.2, 0) is 0 Å². The lowest BCUT2D eigenvalue weighted by Gasteiger charge is -2.38. The van der Waals surface area contributed by atoms with E-state index in [2.05, 4.69) is 129 Å². The minimum absolute atomic E-state index is 0.304. The summed E-state index contributed by atoms with van der Waals surface area (Å²) >= 11 is 0. The van der Waals surface area contributed by atoms with E-state index >= 15 is 0 Å². The van der Waals surface area contributed by atoms with E-state index in [-0.39, 0.29) is 0 Å². The Morgan fingerprint density at radius 1 is 0.456 bits per heavy atom. The molecule has 1 heterocycles. The molecule has 1 aliphatic rings. The summed E-state index contributed by atoms with van der Waals surface area (Å²) in [5, 5.41) is 0. The number of hydrogen-bond donors (Lipinski definition) is 0. The van der Waals surface area contributed by atoms with Crippen LogP contribution in [0.5, 0.6) is 23.0 Å². The van der Waals surface area contributed by atoms with Gasteiger partial charge >= 0.3 is 0 Å². The normalized spacial score (nSPS) is 14.1. The second kappa shape index (κ2) is 35.1. The highest BCUT2D eigenvalue weighted by molar-refractivity contribution is 6.90. The second-order valence-corrected chi connectivity index (χ2v) is 26.8. The van der Waals surface area contributed by atoms with Crippen LogP contribution in [0.3, 0.4) is 0 Å². The number of rotatable bonds is 36. The van der Waals surface area contributed by atoms with Gasteiger partial charge in [0.05, 0.1) is 43.1 Å². The Morgan fingerprint density at radius 2 is 0.779 bits per heavy atom. The lowest BCUT2D eigenvalue weighted by Crippen LogP contribution is -2.43. The summed E-state index contributed by atoms with van der Waals surface area (Å²) in [5.74, 6) is 14.6. The van der Waals surface area contributed by atoms with Crippen molar-refractivity contribution in [3.8, 4) is 46.3 Å². The Labute approximate surface area is 421 Å². The first-order valence-corrected chi connectivity index (χ1v) is 30.9. The molecule has 1 atom stereocenters. The fourth-order valence-electron chi connectivity index (χ4n) is 10.5. The molecule has 0 bridgehead atoms. The Kier molecular flexibility index (Phi) is 30.6. The van der Waals surface area contributed by atoms with E-state index in [9.17, 15) is 0 Å². The van der Waals surface area contributed by atoms with Gasteiger partial charge in [-0.1, -0.05) is 215 Å². The van der Waals surface area contributed by atoms with Crippen molar-refractivity contribution in [1.82, 2.24) is 4.90 Å². The summed E-state index contributed by atoms with van der Waals surface area (Å²) in [6, 6.07) is 9.08. The molecule has 1 aliphatic heterocycles. The minimum Gasteiger partial charge on any atom is -0.493 e. The van der Waals surface area contributed by atoms with Crippen molar-refractivity contribution < 1.29 is 18.9 Å². The van der Waals surface area contributed by atoms with Crippen LogP contribution in [0.15, 0.2) is 24.3 Å². The van der Waals surface area contributed by atoms with Crippen LogP contribution in [0, 0.1) is 23.3 Å². The van der Waals surface area contributed by atoms with E-state index in [1.54, 1.807) is 0 Å². The van der Waals surface area contributed by atoms with E-state index in [0.717, 1.165) is 78.3 Å². The summed E-state index contributed by atoms with van der Waals surface area (Å²) < 4.78 is 27.1. The topological polar surface area (TPSA) is 40.2 Å². The van der Waals surface area contributed by atoms with Gasteiger partial charge < -0.3 is 18.9 Å². The van der Waals surface area contributed by atoms with Gasteiger partial charge in [-0.25, -0.2) is 0 Å². The second-order valence-electron chi connectivity index (χ2n) is 21.2. The first-order chi connectivity index (χ1) is 33.0. The molecule has 0 radical (unpaired) electrons. The summed E-state index contributed by atoms with van der Waals surface area (Å²) in [7, 11) is 0.237. The summed E-state index contributed by atoms with van der Waals surface area (Å²) in [6.45, 7) is 27.3. The third kappa shape index (κ3) is 20.7. The number of unbranched alkanes of at least 4 members (excludes halogenated alkanes) is 20. The van der Waals surface area contributed by atoms with Crippen molar-refractivity contribution in [3.63, 3.8) is 0 Å². The fourth-order valence-corrected chi connectivity index (χ4v) is 15.7. The molecule has 0 amide bonds. The minimum atomic E-state index is -2.02. The maximum absolute atomic E-state index is 6.78. The van der Waals surface area contributed by atoms with Crippen molar-refractivity contribution in [2.75, 3.05) is 40.0 Å². The number of ether oxygens (including phenoxy) is 4. The van der Waals surface area contributed by atoms with Crippen molar-refractivity contribution in [1.29, 1.82) is 0 Å². The van der Waals surface area contributed by atoms with Crippen molar-refractivity contribution in [2.45, 2.75) is 259 Å². The third-order valence-electron chi connectivity index (χ3n) is 14.7. The predicted molar refractivity (Wildman–Crippen MR) is 297 cm³/mol. The van der Waals surface area contributed by atoms with Gasteiger partial charge in [0.1, 0.15) is 31.1 Å². The van der Waals surface area contributed by atoms with Crippen LogP contribution in [-0.4, -0.2) is 53.0 Å². The highest BCUT2D eigenvalue weighted by Crippen LogP contribution is 2.42. The smallest absolute Gasteiger partial charge is 0.146 e. The molecule has 68 heavy (non-hydrogen) atoms. The monoisotopic (exact) mass is 954 g/mol. The zero-order valence-corrected chi connectivity index (χ0v) is 47.1. The highest BCUT2D eigenvalue weighted by atomic mass is 28.3. The SMILES string of the molecule is CCCCCCCCOc1cc(C#C[Si](C(C)C)(C(C)C)C(C)C)c(OCCCCCCCC)cc1C#Cc1cc(OCCCCCCCC)c(C2CCCN2C)cc1OCCCCCCCC. The lowest BCUT2D eigenvalue weighted by molar-refractivity contribution is 0.272. The van der Waals surface area contributed by atoms with Gasteiger partial charge in [0.2, 0.25) is 0 Å². The lowest BCUT2D eigenvalue weighted by atomic mass is 10.00. The molecule has 1 fully saturated rings. The maximum Gasteiger partial charge on any atom is 0.146 e. The molecule has 6 heteroatoms. The van der Waals surface area contributed by atoms with Crippen LogP contribution in [0.25, 0.3) is 0 Å². The predicted octanol–water partition coefficient (Wildman–Crippen LogP) is 18.4. The zero-order valence-electron chi connectivity index (χ0n) is 46.1. The van der Waals surface area contributed by atoms with Gasteiger partial charge in [0, 0.05) is 23.7 Å². The number of benzene rings is 2. The average Bonchev–Trinajstić information content (AvgIpc) is 3.75. The fraction of sp³-hybridized carbons (Fsp3) is 0.742. The van der Waals surface area contributed by atoms with E-state index in [0.29, 0.717) is 49.1 Å². The summed E-state index contributed by atoms with van der Waals surface area (Å²) in [5.41, 5.74) is 9.50.